The first-order valence-electron chi connectivity index (χ1n) is 5.24. The monoisotopic (exact) mass is 208 g/mol. The van der Waals surface area contributed by atoms with Crippen molar-refractivity contribution in [2.45, 2.75) is 33.2 Å². The molecule has 1 aliphatic carbocycles. The fraction of sp³-hybridized carbons (Fsp3) is 0.636. The third-order valence-electron chi connectivity index (χ3n) is 3.40. The van der Waals surface area contributed by atoms with E-state index in [0.29, 0.717) is 0 Å². The minimum Gasteiger partial charge on any atom is -0.481 e. The van der Waals surface area contributed by atoms with Crippen LogP contribution in [-0.4, -0.2) is 20.9 Å². The van der Waals surface area contributed by atoms with E-state index in [0.717, 1.165) is 12.2 Å². The lowest BCUT2D eigenvalue weighted by Gasteiger charge is -1.98. The van der Waals surface area contributed by atoms with Crippen LogP contribution in [0.1, 0.15) is 32.4 Å². The number of rotatable bonds is 3. The Morgan fingerprint density at radius 2 is 2.33 bits per heavy atom. The first-order chi connectivity index (χ1) is 6.98. The summed E-state index contributed by atoms with van der Waals surface area (Å²) in [5.41, 5.74) is 0.757. The maximum Gasteiger partial charge on any atom is 0.307 e. The van der Waals surface area contributed by atoms with Gasteiger partial charge in [0, 0.05) is 18.7 Å². The topological polar surface area (TPSA) is 55.1 Å². The summed E-state index contributed by atoms with van der Waals surface area (Å²) in [6, 6.07) is 1.93. The summed E-state index contributed by atoms with van der Waals surface area (Å²) in [4.78, 5) is 11.0. The Kier molecular flexibility index (Phi) is 2.10. The highest BCUT2D eigenvalue weighted by molar-refractivity contribution is 5.77. The van der Waals surface area contributed by atoms with Gasteiger partial charge in [-0.1, -0.05) is 13.8 Å². The van der Waals surface area contributed by atoms with Gasteiger partial charge in [-0.3, -0.25) is 9.48 Å². The van der Waals surface area contributed by atoms with Crippen LogP contribution in [-0.2, 0) is 11.3 Å². The second-order valence-electron chi connectivity index (χ2n) is 4.71. The number of aliphatic carboxylic acids is 1. The van der Waals surface area contributed by atoms with Gasteiger partial charge in [0.25, 0.3) is 0 Å². The van der Waals surface area contributed by atoms with Gasteiger partial charge in [0.2, 0.25) is 0 Å². The van der Waals surface area contributed by atoms with Crippen molar-refractivity contribution in [2.75, 3.05) is 0 Å². The molecule has 0 aromatic carbocycles. The Labute approximate surface area is 88.9 Å². The first-order valence-corrected chi connectivity index (χ1v) is 5.24. The Balaban J connectivity index is 2.23. The van der Waals surface area contributed by atoms with Crippen molar-refractivity contribution in [2.24, 2.45) is 11.3 Å². The molecule has 15 heavy (non-hydrogen) atoms. The normalized spacial score (nSPS) is 27.7. The molecule has 1 saturated carbocycles. The van der Waals surface area contributed by atoms with E-state index in [1.807, 2.05) is 37.7 Å². The van der Waals surface area contributed by atoms with Crippen molar-refractivity contribution < 1.29 is 9.90 Å². The first kappa shape index (κ1) is 10.2. The van der Waals surface area contributed by atoms with Gasteiger partial charge in [-0.05, 0) is 18.4 Å². The molecule has 2 rings (SSSR count). The van der Waals surface area contributed by atoms with Crippen molar-refractivity contribution in [3.63, 3.8) is 0 Å². The van der Waals surface area contributed by atoms with Crippen LogP contribution >= 0.6 is 0 Å². The van der Waals surface area contributed by atoms with Crippen LogP contribution in [0, 0.1) is 11.3 Å². The number of hydrogen-bond donors (Lipinski definition) is 1. The largest absolute Gasteiger partial charge is 0.481 e. The van der Waals surface area contributed by atoms with Crippen molar-refractivity contribution >= 4 is 5.97 Å². The molecule has 0 aliphatic heterocycles. The maximum absolute atomic E-state index is 11.0. The van der Waals surface area contributed by atoms with Gasteiger partial charge in [-0.25, -0.2) is 0 Å². The Morgan fingerprint density at radius 1 is 1.67 bits per heavy atom. The molecule has 1 N–H and O–H groups in total. The molecule has 0 radical (unpaired) electrons. The lowest BCUT2D eigenvalue weighted by Crippen LogP contribution is -2.03. The molecule has 1 fully saturated rings. The molecular formula is C11H16N2O2. The van der Waals surface area contributed by atoms with Gasteiger partial charge in [0.15, 0.2) is 0 Å². The van der Waals surface area contributed by atoms with Crippen LogP contribution in [0.3, 0.4) is 0 Å². The van der Waals surface area contributed by atoms with E-state index in [1.54, 1.807) is 0 Å². The molecule has 1 heterocycles. The molecule has 0 bridgehead atoms. The highest BCUT2D eigenvalue weighted by atomic mass is 16.4. The number of nitrogens with zero attached hydrogens (tertiary/aromatic N) is 2. The molecule has 1 aromatic heterocycles. The molecule has 1 aliphatic rings. The average molecular weight is 208 g/mol. The second-order valence-corrected chi connectivity index (χ2v) is 4.71. The Morgan fingerprint density at radius 3 is 2.73 bits per heavy atom. The molecule has 0 saturated heterocycles. The van der Waals surface area contributed by atoms with Gasteiger partial charge in [0.1, 0.15) is 0 Å². The van der Waals surface area contributed by atoms with Gasteiger partial charge in [0.05, 0.1) is 11.6 Å². The predicted molar refractivity (Wildman–Crippen MR) is 55.5 cm³/mol. The van der Waals surface area contributed by atoms with E-state index >= 15 is 0 Å². The number of carboxylic acid groups (broad SMARTS) is 1. The van der Waals surface area contributed by atoms with E-state index in [-0.39, 0.29) is 17.3 Å². The molecule has 4 heteroatoms. The van der Waals surface area contributed by atoms with Crippen molar-refractivity contribution in [1.29, 1.82) is 0 Å². The maximum atomic E-state index is 11.0. The number of aryl methyl sites for hydroxylation is 1. The van der Waals surface area contributed by atoms with E-state index in [4.69, 9.17) is 5.11 Å². The summed E-state index contributed by atoms with van der Waals surface area (Å²) in [7, 11) is 0. The van der Waals surface area contributed by atoms with Crippen LogP contribution in [0.4, 0.5) is 0 Å². The molecular weight excluding hydrogens is 192 g/mol. The molecule has 1 aromatic rings. The van der Waals surface area contributed by atoms with E-state index in [1.165, 1.54) is 0 Å². The van der Waals surface area contributed by atoms with Crippen molar-refractivity contribution in [1.82, 2.24) is 9.78 Å². The lowest BCUT2D eigenvalue weighted by atomic mass is 10.1. The zero-order valence-electron chi connectivity index (χ0n) is 9.27. The number of carbonyl (C=O) groups is 1. The van der Waals surface area contributed by atoms with Gasteiger partial charge in [-0.15, -0.1) is 0 Å². The van der Waals surface area contributed by atoms with Crippen LogP contribution in [0.5, 0.6) is 0 Å². The molecule has 4 nitrogen and oxygen atoms in total. The predicted octanol–water partition coefficient (Wildman–Crippen LogP) is 1.73. The summed E-state index contributed by atoms with van der Waals surface area (Å²) in [5, 5.41) is 13.4. The summed E-state index contributed by atoms with van der Waals surface area (Å²) in [5.74, 6) is -0.920. The van der Waals surface area contributed by atoms with Crippen molar-refractivity contribution in [3.05, 3.63) is 18.0 Å². The fourth-order valence-electron chi connectivity index (χ4n) is 2.37. The zero-order chi connectivity index (χ0) is 11.2. The third-order valence-corrected chi connectivity index (χ3v) is 3.40. The highest BCUT2D eigenvalue weighted by Crippen LogP contribution is 2.63. The molecule has 0 amide bonds. The highest BCUT2D eigenvalue weighted by Gasteiger charge is 2.63. The third kappa shape index (κ3) is 1.44. The Hall–Kier alpha value is -1.32. The van der Waals surface area contributed by atoms with Crippen LogP contribution < -0.4 is 0 Å². The van der Waals surface area contributed by atoms with Crippen LogP contribution in [0.2, 0.25) is 0 Å². The quantitative estimate of drug-likeness (QED) is 0.823. The standard InChI is InChI=1S/C11H16N2O2/c1-4-13-6-5-7(12-13)8-9(10(14)15)11(8,2)3/h5-6,8-9H,4H2,1-3H3,(H,14,15)/t8-,9+/m0/s1. The van der Waals surface area contributed by atoms with E-state index < -0.39 is 5.97 Å². The van der Waals surface area contributed by atoms with Gasteiger partial charge in [-0.2, -0.15) is 5.10 Å². The summed E-state index contributed by atoms with van der Waals surface area (Å²) >= 11 is 0. The Bertz CT molecular complexity index is 395. The van der Waals surface area contributed by atoms with Crippen LogP contribution in [0.25, 0.3) is 0 Å². The molecule has 0 unspecified atom stereocenters. The second kappa shape index (κ2) is 3.08. The smallest absolute Gasteiger partial charge is 0.307 e. The SMILES string of the molecule is CCn1ccc([C@H]2[C@H](C(=O)O)C2(C)C)n1. The van der Waals surface area contributed by atoms with Gasteiger partial charge >= 0.3 is 5.97 Å². The molecule has 0 spiro atoms. The van der Waals surface area contributed by atoms with Crippen LogP contribution in [0.15, 0.2) is 12.3 Å². The van der Waals surface area contributed by atoms with Gasteiger partial charge < -0.3 is 5.11 Å². The zero-order valence-corrected chi connectivity index (χ0v) is 9.27. The molecule has 2 atom stereocenters. The minimum atomic E-state index is -0.712. The lowest BCUT2D eigenvalue weighted by molar-refractivity contribution is -0.139. The number of aromatic nitrogens is 2. The minimum absolute atomic E-state index is 0.0720. The summed E-state index contributed by atoms with van der Waals surface area (Å²) in [6.45, 7) is 6.82. The summed E-state index contributed by atoms with van der Waals surface area (Å²) < 4.78 is 1.84. The average Bonchev–Trinajstić information content (AvgIpc) is 2.59. The van der Waals surface area contributed by atoms with E-state index in [9.17, 15) is 4.79 Å². The number of hydrogen-bond acceptors (Lipinski definition) is 2. The molecule has 82 valence electrons. The van der Waals surface area contributed by atoms with E-state index in [2.05, 4.69) is 5.10 Å². The van der Waals surface area contributed by atoms with Crippen molar-refractivity contribution in [3.8, 4) is 0 Å². The fourth-order valence-corrected chi connectivity index (χ4v) is 2.37. The number of carboxylic acids is 1. The summed E-state index contributed by atoms with van der Waals surface area (Å²) in [6.07, 6.45) is 1.91.